The van der Waals surface area contributed by atoms with Gasteiger partial charge in [-0.05, 0) is 18.8 Å². The molecule has 2 amide bonds. The number of aliphatic hydroxyl groups excluding tert-OH is 1. The summed E-state index contributed by atoms with van der Waals surface area (Å²) in [5.74, 6) is 0.868. The minimum Gasteiger partial charge on any atom is -0.393 e. The van der Waals surface area contributed by atoms with Gasteiger partial charge in [-0.15, -0.1) is 0 Å². The van der Waals surface area contributed by atoms with Crippen molar-refractivity contribution in [2.24, 2.45) is 11.8 Å². The van der Waals surface area contributed by atoms with Crippen LogP contribution in [0.15, 0.2) is 0 Å². The number of likely N-dealkylation sites (tertiary alicyclic amines) is 1. The standard InChI is InChI=1S/C10H18N2O2/c1-11(2)10(14)12-5-7-3-4-9(13)8(7)6-12/h7-9,13H,3-6H2,1-2H3. The maximum atomic E-state index is 11.7. The number of amides is 2. The van der Waals surface area contributed by atoms with Crippen LogP contribution < -0.4 is 0 Å². The predicted molar refractivity (Wildman–Crippen MR) is 52.9 cm³/mol. The van der Waals surface area contributed by atoms with Gasteiger partial charge in [-0.1, -0.05) is 0 Å². The Hall–Kier alpha value is -0.770. The summed E-state index contributed by atoms with van der Waals surface area (Å²) in [7, 11) is 3.54. The molecular weight excluding hydrogens is 180 g/mol. The van der Waals surface area contributed by atoms with E-state index in [1.54, 1.807) is 19.0 Å². The largest absolute Gasteiger partial charge is 0.393 e. The second-order valence-corrected chi connectivity index (χ2v) is 4.65. The summed E-state index contributed by atoms with van der Waals surface area (Å²) in [5, 5.41) is 9.69. The van der Waals surface area contributed by atoms with Crippen molar-refractivity contribution in [1.82, 2.24) is 9.80 Å². The number of hydrogen-bond acceptors (Lipinski definition) is 2. The summed E-state index contributed by atoms with van der Waals surface area (Å²) in [6.07, 6.45) is 1.81. The van der Waals surface area contributed by atoms with Gasteiger partial charge in [-0.25, -0.2) is 4.79 Å². The lowest BCUT2D eigenvalue weighted by Gasteiger charge is -2.22. The maximum Gasteiger partial charge on any atom is 0.319 e. The van der Waals surface area contributed by atoms with Crippen LogP contribution >= 0.6 is 0 Å². The quantitative estimate of drug-likeness (QED) is 0.611. The van der Waals surface area contributed by atoms with Crippen molar-refractivity contribution in [1.29, 1.82) is 0 Å². The summed E-state index contributed by atoms with van der Waals surface area (Å²) in [6, 6.07) is 0.0756. The third-order valence-corrected chi connectivity index (χ3v) is 3.47. The lowest BCUT2D eigenvalue weighted by molar-refractivity contribution is 0.123. The Morgan fingerprint density at radius 2 is 2.07 bits per heavy atom. The average molecular weight is 198 g/mol. The van der Waals surface area contributed by atoms with Crippen LogP contribution in [-0.2, 0) is 0 Å². The van der Waals surface area contributed by atoms with Crippen molar-refractivity contribution in [2.75, 3.05) is 27.2 Å². The molecule has 0 spiro atoms. The number of aliphatic hydroxyl groups is 1. The monoisotopic (exact) mass is 198 g/mol. The normalized spacial score (nSPS) is 35.9. The van der Waals surface area contributed by atoms with Gasteiger partial charge in [0.1, 0.15) is 0 Å². The van der Waals surface area contributed by atoms with Gasteiger partial charge in [-0.3, -0.25) is 0 Å². The van der Waals surface area contributed by atoms with Crippen molar-refractivity contribution in [3.63, 3.8) is 0 Å². The average Bonchev–Trinajstić information content (AvgIpc) is 2.67. The van der Waals surface area contributed by atoms with Crippen LogP contribution in [0.1, 0.15) is 12.8 Å². The first-order valence-corrected chi connectivity index (χ1v) is 5.24. The summed E-state index contributed by atoms with van der Waals surface area (Å²) >= 11 is 0. The Morgan fingerprint density at radius 1 is 1.36 bits per heavy atom. The Morgan fingerprint density at radius 3 is 2.64 bits per heavy atom. The zero-order chi connectivity index (χ0) is 10.3. The Kier molecular flexibility index (Phi) is 2.39. The number of nitrogens with zero attached hydrogens (tertiary/aromatic N) is 2. The first-order valence-electron chi connectivity index (χ1n) is 5.24. The molecule has 2 rings (SSSR count). The molecular formula is C10H18N2O2. The highest BCUT2D eigenvalue weighted by Crippen LogP contribution is 2.38. The smallest absolute Gasteiger partial charge is 0.319 e. The van der Waals surface area contributed by atoms with E-state index in [1.807, 2.05) is 4.90 Å². The molecule has 3 atom stereocenters. The van der Waals surface area contributed by atoms with Gasteiger partial charge in [0.2, 0.25) is 0 Å². The van der Waals surface area contributed by atoms with E-state index >= 15 is 0 Å². The van der Waals surface area contributed by atoms with Crippen molar-refractivity contribution in [3.05, 3.63) is 0 Å². The van der Waals surface area contributed by atoms with Crippen molar-refractivity contribution in [3.8, 4) is 0 Å². The minimum absolute atomic E-state index is 0.0756. The van der Waals surface area contributed by atoms with E-state index in [9.17, 15) is 9.90 Å². The summed E-state index contributed by atoms with van der Waals surface area (Å²) in [4.78, 5) is 15.1. The van der Waals surface area contributed by atoms with Crippen LogP contribution in [-0.4, -0.2) is 54.2 Å². The Balaban J connectivity index is 1.98. The van der Waals surface area contributed by atoms with E-state index in [0.29, 0.717) is 11.8 Å². The Labute approximate surface area is 84.5 Å². The molecule has 0 aromatic rings. The van der Waals surface area contributed by atoms with Gasteiger partial charge in [-0.2, -0.15) is 0 Å². The molecule has 1 aliphatic heterocycles. The molecule has 3 unspecified atom stereocenters. The van der Waals surface area contributed by atoms with E-state index < -0.39 is 0 Å². The zero-order valence-electron chi connectivity index (χ0n) is 8.81. The number of carbonyl (C=O) groups excluding carboxylic acids is 1. The number of hydrogen-bond donors (Lipinski definition) is 1. The van der Waals surface area contributed by atoms with E-state index in [2.05, 4.69) is 0 Å². The highest BCUT2D eigenvalue weighted by Gasteiger charge is 2.43. The molecule has 2 aliphatic rings. The van der Waals surface area contributed by atoms with E-state index in [1.165, 1.54) is 0 Å². The highest BCUT2D eigenvalue weighted by molar-refractivity contribution is 5.74. The van der Waals surface area contributed by atoms with Crippen LogP contribution in [0.4, 0.5) is 4.79 Å². The lowest BCUT2D eigenvalue weighted by atomic mass is 10.00. The first kappa shape index (κ1) is 9.77. The maximum absolute atomic E-state index is 11.7. The topological polar surface area (TPSA) is 43.8 Å². The molecule has 1 saturated heterocycles. The molecule has 80 valence electrons. The predicted octanol–water partition coefficient (Wildman–Crippen LogP) is 0.371. The van der Waals surface area contributed by atoms with Crippen LogP contribution in [0, 0.1) is 11.8 Å². The molecule has 1 heterocycles. The fourth-order valence-electron chi connectivity index (χ4n) is 2.68. The van der Waals surface area contributed by atoms with Gasteiger partial charge in [0, 0.05) is 33.1 Å². The molecule has 0 aromatic carbocycles. The molecule has 14 heavy (non-hydrogen) atoms. The van der Waals surface area contributed by atoms with Gasteiger partial charge in [0.15, 0.2) is 0 Å². The summed E-state index contributed by atoms with van der Waals surface area (Å²) in [6.45, 7) is 1.57. The van der Waals surface area contributed by atoms with E-state index in [0.717, 1.165) is 25.9 Å². The molecule has 1 saturated carbocycles. The van der Waals surface area contributed by atoms with E-state index in [4.69, 9.17) is 0 Å². The SMILES string of the molecule is CN(C)C(=O)N1CC2CCC(O)C2C1. The molecule has 4 nitrogen and oxygen atoms in total. The van der Waals surface area contributed by atoms with Crippen LogP contribution in [0.3, 0.4) is 0 Å². The number of rotatable bonds is 0. The molecule has 0 radical (unpaired) electrons. The second kappa shape index (κ2) is 3.42. The fraction of sp³-hybridized carbons (Fsp3) is 0.900. The third kappa shape index (κ3) is 1.47. The molecule has 0 bridgehead atoms. The summed E-state index contributed by atoms with van der Waals surface area (Å²) in [5.41, 5.74) is 0. The van der Waals surface area contributed by atoms with Crippen molar-refractivity contribution < 1.29 is 9.90 Å². The van der Waals surface area contributed by atoms with Gasteiger partial charge in [0.05, 0.1) is 6.10 Å². The van der Waals surface area contributed by atoms with Crippen LogP contribution in [0.5, 0.6) is 0 Å². The van der Waals surface area contributed by atoms with E-state index in [-0.39, 0.29) is 12.1 Å². The highest BCUT2D eigenvalue weighted by atomic mass is 16.3. The van der Waals surface area contributed by atoms with Gasteiger partial charge < -0.3 is 14.9 Å². The molecule has 0 aromatic heterocycles. The second-order valence-electron chi connectivity index (χ2n) is 4.65. The van der Waals surface area contributed by atoms with Crippen LogP contribution in [0.25, 0.3) is 0 Å². The third-order valence-electron chi connectivity index (χ3n) is 3.47. The minimum atomic E-state index is -0.181. The Bertz CT molecular complexity index is 242. The van der Waals surface area contributed by atoms with Gasteiger partial charge >= 0.3 is 6.03 Å². The first-order chi connectivity index (χ1) is 6.59. The molecule has 1 N–H and O–H groups in total. The zero-order valence-corrected chi connectivity index (χ0v) is 8.81. The number of carbonyl (C=O) groups is 1. The summed E-state index contributed by atoms with van der Waals surface area (Å²) < 4.78 is 0. The number of fused-ring (bicyclic) bond motifs is 1. The number of urea groups is 1. The van der Waals surface area contributed by atoms with Gasteiger partial charge in [0.25, 0.3) is 0 Å². The van der Waals surface area contributed by atoms with Crippen molar-refractivity contribution >= 4 is 6.03 Å². The molecule has 1 aliphatic carbocycles. The fourth-order valence-corrected chi connectivity index (χ4v) is 2.68. The molecule has 2 fully saturated rings. The van der Waals surface area contributed by atoms with Crippen LogP contribution in [0.2, 0.25) is 0 Å². The van der Waals surface area contributed by atoms with Crippen molar-refractivity contribution in [2.45, 2.75) is 18.9 Å². The molecule has 4 heteroatoms. The lowest BCUT2D eigenvalue weighted by Crippen LogP contribution is -2.38.